The molecule has 1 aromatic carbocycles. The van der Waals surface area contributed by atoms with Crippen molar-refractivity contribution in [2.45, 2.75) is 19.1 Å². The largest absolute Gasteiger partial charge is 0.490 e. The van der Waals surface area contributed by atoms with Crippen molar-refractivity contribution >= 4 is 17.8 Å². The maximum absolute atomic E-state index is 12.0. The lowest BCUT2D eigenvalue weighted by atomic mass is 10.1. The fourth-order valence-corrected chi connectivity index (χ4v) is 1.35. The summed E-state index contributed by atoms with van der Waals surface area (Å²) in [5.74, 6) is -4.03. The van der Waals surface area contributed by atoms with Crippen molar-refractivity contribution in [1.29, 1.82) is 0 Å². The Bertz CT molecular complexity index is 604. The second-order valence-electron chi connectivity index (χ2n) is 4.69. The molecule has 0 heterocycles. The number of carbonyl (C=O) groups excluding carboxylic acids is 1. The van der Waals surface area contributed by atoms with Crippen molar-refractivity contribution < 1.29 is 37.8 Å². The molecule has 0 saturated carbocycles. The van der Waals surface area contributed by atoms with Crippen LogP contribution in [-0.4, -0.2) is 58.8 Å². The van der Waals surface area contributed by atoms with Gasteiger partial charge in [-0.25, -0.2) is 9.59 Å². The molecule has 1 rings (SSSR count). The molecule has 0 fully saturated rings. The number of rotatable bonds is 4. The van der Waals surface area contributed by atoms with Gasteiger partial charge in [0.15, 0.2) is 0 Å². The number of carbonyl (C=O) groups is 3. The third-order valence-corrected chi connectivity index (χ3v) is 2.92. The molecule has 7 nitrogen and oxygen atoms in total. The topological polar surface area (TPSA) is 121 Å². The molecule has 0 spiro atoms. The van der Waals surface area contributed by atoms with E-state index >= 15 is 0 Å². The zero-order chi connectivity index (χ0) is 19.1. The molecule has 0 aromatic heterocycles. The molecule has 0 aliphatic carbocycles. The molecule has 0 saturated heterocycles. The minimum absolute atomic E-state index is 0.0871. The van der Waals surface area contributed by atoms with Gasteiger partial charge in [0, 0.05) is 25.2 Å². The van der Waals surface area contributed by atoms with Gasteiger partial charge in [-0.1, -0.05) is 6.07 Å². The summed E-state index contributed by atoms with van der Waals surface area (Å²) < 4.78 is 31.7. The molecule has 10 heteroatoms. The quantitative estimate of drug-likeness (QED) is 0.755. The van der Waals surface area contributed by atoms with Crippen LogP contribution in [0.4, 0.5) is 13.2 Å². The van der Waals surface area contributed by atoms with Gasteiger partial charge in [-0.05, 0) is 25.1 Å². The van der Waals surface area contributed by atoms with Crippen LogP contribution in [0.15, 0.2) is 24.3 Å². The Labute approximate surface area is 135 Å². The van der Waals surface area contributed by atoms with Crippen LogP contribution >= 0.6 is 0 Å². The lowest BCUT2D eigenvalue weighted by Crippen LogP contribution is -2.39. The van der Waals surface area contributed by atoms with E-state index in [0.29, 0.717) is 12.1 Å². The Hall–Kier alpha value is -2.62. The van der Waals surface area contributed by atoms with E-state index in [1.165, 1.54) is 17.0 Å². The van der Waals surface area contributed by atoms with Crippen LogP contribution in [0.3, 0.4) is 0 Å². The lowest BCUT2D eigenvalue weighted by Gasteiger charge is -2.23. The van der Waals surface area contributed by atoms with E-state index in [1.54, 1.807) is 19.2 Å². The average Bonchev–Trinajstić information content (AvgIpc) is 2.52. The Morgan fingerprint density at radius 2 is 1.67 bits per heavy atom. The van der Waals surface area contributed by atoms with Gasteiger partial charge < -0.3 is 20.8 Å². The first-order chi connectivity index (χ1) is 10.9. The number of hydrogen-bond donors (Lipinski definition) is 3. The summed E-state index contributed by atoms with van der Waals surface area (Å²) in [7, 11) is 1.65. The highest BCUT2D eigenvalue weighted by Gasteiger charge is 2.38. The molecule has 24 heavy (non-hydrogen) atoms. The predicted octanol–water partition coefficient (Wildman–Crippen LogP) is 1.44. The van der Waals surface area contributed by atoms with Crippen LogP contribution in [-0.2, 0) is 4.79 Å². The second kappa shape index (κ2) is 8.87. The van der Waals surface area contributed by atoms with Crippen LogP contribution in [0, 0.1) is 0 Å². The number of halogens is 3. The van der Waals surface area contributed by atoms with E-state index in [2.05, 4.69) is 0 Å². The number of nitrogens with two attached hydrogens (primary N) is 1. The number of alkyl halides is 3. The second-order valence-corrected chi connectivity index (χ2v) is 4.69. The fourth-order valence-electron chi connectivity index (χ4n) is 1.35. The molecule has 1 atom stereocenters. The molecule has 0 radical (unpaired) electrons. The minimum atomic E-state index is -5.08. The van der Waals surface area contributed by atoms with Gasteiger partial charge in [0.1, 0.15) is 0 Å². The van der Waals surface area contributed by atoms with Crippen LogP contribution in [0.25, 0.3) is 0 Å². The van der Waals surface area contributed by atoms with Gasteiger partial charge in [0.25, 0.3) is 5.91 Å². The molecule has 0 aliphatic heterocycles. The van der Waals surface area contributed by atoms with Crippen molar-refractivity contribution in [3.63, 3.8) is 0 Å². The third-order valence-electron chi connectivity index (χ3n) is 2.92. The number of hydrogen-bond acceptors (Lipinski definition) is 4. The minimum Gasteiger partial charge on any atom is -0.478 e. The first kappa shape index (κ1) is 21.4. The molecule has 134 valence electrons. The first-order valence-electron chi connectivity index (χ1n) is 6.52. The molecule has 0 bridgehead atoms. The number of amides is 1. The van der Waals surface area contributed by atoms with E-state index in [-0.39, 0.29) is 17.5 Å². The summed E-state index contributed by atoms with van der Waals surface area (Å²) in [6.45, 7) is 2.19. The van der Waals surface area contributed by atoms with E-state index in [9.17, 15) is 22.8 Å². The first-order valence-corrected chi connectivity index (χ1v) is 6.52. The molecule has 1 aromatic rings. The van der Waals surface area contributed by atoms with Gasteiger partial charge in [-0.2, -0.15) is 13.2 Å². The monoisotopic (exact) mass is 350 g/mol. The van der Waals surface area contributed by atoms with E-state index < -0.39 is 18.1 Å². The number of nitrogens with zero attached hydrogens (tertiary/aromatic N) is 1. The maximum atomic E-state index is 12.0. The average molecular weight is 350 g/mol. The fraction of sp³-hybridized carbons (Fsp3) is 0.357. The van der Waals surface area contributed by atoms with Gasteiger partial charge in [0.05, 0.1) is 5.56 Å². The van der Waals surface area contributed by atoms with Crippen molar-refractivity contribution in [3.05, 3.63) is 35.4 Å². The lowest BCUT2D eigenvalue weighted by molar-refractivity contribution is -0.192. The Morgan fingerprint density at radius 1 is 1.21 bits per heavy atom. The highest BCUT2D eigenvalue weighted by Crippen LogP contribution is 2.13. The predicted molar refractivity (Wildman–Crippen MR) is 77.7 cm³/mol. The van der Waals surface area contributed by atoms with E-state index in [0.717, 1.165) is 0 Å². The summed E-state index contributed by atoms with van der Waals surface area (Å²) >= 11 is 0. The molecule has 1 amide bonds. The Balaban J connectivity index is 0.000000640. The van der Waals surface area contributed by atoms with Crippen LogP contribution in [0.5, 0.6) is 0 Å². The SMILES string of the molecule is CC(CN)N(C)C(=O)c1cccc(C(=O)O)c1.O=C(O)C(F)(F)F. The van der Waals surface area contributed by atoms with Crippen LogP contribution in [0.1, 0.15) is 27.6 Å². The molecule has 1 unspecified atom stereocenters. The van der Waals surface area contributed by atoms with E-state index in [1.807, 2.05) is 6.92 Å². The summed E-state index contributed by atoms with van der Waals surface area (Å²) in [5, 5.41) is 16.0. The molecule has 0 aliphatic rings. The van der Waals surface area contributed by atoms with Gasteiger partial charge in [-0.3, -0.25) is 4.79 Å². The van der Waals surface area contributed by atoms with Crippen LogP contribution in [0.2, 0.25) is 0 Å². The van der Waals surface area contributed by atoms with Gasteiger partial charge >= 0.3 is 18.1 Å². The number of likely N-dealkylation sites (N-methyl/N-ethyl adjacent to an activating group) is 1. The molecule has 4 N–H and O–H groups in total. The van der Waals surface area contributed by atoms with Gasteiger partial charge in [-0.15, -0.1) is 0 Å². The third kappa shape index (κ3) is 6.65. The maximum Gasteiger partial charge on any atom is 0.490 e. The van der Waals surface area contributed by atoms with Crippen molar-refractivity contribution in [3.8, 4) is 0 Å². The molecular formula is C14H17F3N2O5. The Kier molecular flexibility index (Phi) is 7.90. The summed E-state index contributed by atoms with van der Waals surface area (Å²) in [6, 6.07) is 5.87. The van der Waals surface area contributed by atoms with Crippen LogP contribution < -0.4 is 5.73 Å². The van der Waals surface area contributed by atoms with Gasteiger partial charge in [0.2, 0.25) is 0 Å². The normalized spacial score (nSPS) is 11.8. The number of carboxylic acid groups (broad SMARTS) is 2. The van der Waals surface area contributed by atoms with Crippen molar-refractivity contribution in [2.24, 2.45) is 5.73 Å². The smallest absolute Gasteiger partial charge is 0.478 e. The summed E-state index contributed by atoms with van der Waals surface area (Å²) in [4.78, 5) is 33.2. The summed E-state index contributed by atoms with van der Waals surface area (Å²) in [5.41, 5.74) is 5.93. The number of benzene rings is 1. The van der Waals surface area contributed by atoms with Crippen molar-refractivity contribution in [1.82, 2.24) is 4.90 Å². The number of carboxylic acids is 2. The van der Waals surface area contributed by atoms with Crippen molar-refractivity contribution in [2.75, 3.05) is 13.6 Å². The standard InChI is InChI=1S/C12H16N2O3.C2HF3O2/c1-8(7-13)14(2)11(15)9-4-3-5-10(6-9)12(16)17;3-2(4,5)1(6)7/h3-6,8H,7,13H2,1-2H3,(H,16,17);(H,6,7). The number of aromatic carboxylic acids is 1. The highest BCUT2D eigenvalue weighted by atomic mass is 19.4. The number of aliphatic carboxylic acids is 1. The Morgan fingerprint density at radius 3 is 2.04 bits per heavy atom. The molecular weight excluding hydrogens is 333 g/mol. The summed E-state index contributed by atoms with van der Waals surface area (Å²) in [6.07, 6.45) is -5.08. The zero-order valence-corrected chi connectivity index (χ0v) is 12.9. The zero-order valence-electron chi connectivity index (χ0n) is 12.9. The van der Waals surface area contributed by atoms with E-state index in [4.69, 9.17) is 20.7 Å². The highest BCUT2D eigenvalue weighted by molar-refractivity contribution is 5.97.